The SMILES string of the molecule is CNc1nc(Cc2cccc(F)c2)nc2sc(C)cc12. The molecule has 20 heavy (non-hydrogen) atoms. The number of nitrogens with zero attached hydrogens (tertiary/aromatic N) is 2. The van der Waals surface area contributed by atoms with E-state index in [0.29, 0.717) is 12.2 Å². The van der Waals surface area contributed by atoms with E-state index < -0.39 is 0 Å². The van der Waals surface area contributed by atoms with Crippen molar-refractivity contribution in [2.45, 2.75) is 13.3 Å². The van der Waals surface area contributed by atoms with E-state index in [1.54, 1.807) is 17.4 Å². The third-order valence-corrected chi connectivity index (χ3v) is 3.99. The Morgan fingerprint density at radius 1 is 1.25 bits per heavy atom. The highest BCUT2D eigenvalue weighted by atomic mass is 32.1. The number of rotatable bonds is 3. The van der Waals surface area contributed by atoms with Gasteiger partial charge in [-0.15, -0.1) is 11.3 Å². The van der Waals surface area contributed by atoms with E-state index in [4.69, 9.17) is 0 Å². The predicted octanol–water partition coefficient (Wildman–Crippen LogP) is 3.77. The number of hydrogen-bond donors (Lipinski definition) is 1. The van der Waals surface area contributed by atoms with E-state index in [0.717, 1.165) is 21.6 Å². The number of hydrogen-bond acceptors (Lipinski definition) is 4. The molecule has 0 saturated heterocycles. The molecular formula is C15H14FN3S. The van der Waals surface area contributed by atoms with Gasteiger partial charge in [-0.2, -0.15) is 0 Å². The highest BCUT2D eigenvalue weighted by Gasteiger charge is 2.10. The topological polar surface area (TPSA) is 37.8 Å². The summed E-state index contributed by atoms with van der Waals surface area (Å²) in [6, 6.07) is 8.63. The summed E-state index contributed by atoms with van der Waals surface area (Å²) in [6.45, 7) is 2.05. The van der Waals surface area contributed by atoms with Gasteiger partial charge in [0.15, 0.2) is 0 Å². The molecule has 1 aromatic carbocycles. The maximum Gasteiger partial charge on any atom is 0.138 e. The second-order valence-corrected chi connectivity index (χ2v) is 5.86. The highest BCUT2D eigenvalue weighted by Crippen LogP contribution is 2.28. The Balaban J connectivity index is 2.03. The van der Waals surface area contributed by atoms with Crippen LogP contribution in [0.4, 0.5) is 10.2 Å². The van der Waals surface area contributed by atoms with Crippen molar-refractivity contribution < 1.29 is 4.39 Å². The average Bonchev–Trinajstić information content (AvgIpc) is 2.78. The molecule has 0 aliphatic carbocycles. The molecule has 5 heteroatoms. The second kappa shape index (κ2) is 5.17. The fourth-order valence-corrected chi connectivity index (χ4v) is 3.08. The van der Waals surface area contributed by atoms with Gasteiger partial charge in [0.25, 0.3) is 0 Å². The summed E-state index contributed by atoms with van der Waals surface area (Å²) in [5.74, 6) is 1.30. The average molecular weight is 287 g/mol. The molecule has 0 spiro atoms. The minimum atomic E-state index is -0.232. The van der Waals surface area contributed by atoms with Crippen LogP contribution in [-0.4, -0.2) is 17.0 Å². The fraction of sp³-hybridized carbons (Fsp3) is 0.200. The molecule has 0 aliphatic rings. The molecular weight excluding hydrogens is 273 g/mol. The largest absolute Gasteiger partial charge is 0.372 e. The summed E-state index contributed by atoms with van der Waals surface area (Å²) in [4.78, 5) is 11.3. The zero-order valence-electron chi connectivity index (χ0n) is 11.3. The van der Waals surface area contributed by atoms with Crippen LogP contribution in [0.1, 0.15) is 16.3 Å². The van der Waals surface area contributed by atoms with Crippen molar-refractivity contribution in [3.05, 3.63) is 52.4 Å². The Kier molecular flexibility index (Phi) is 3.36. The number of aryl methyl sites for hydroxylation is 1. The smallest absolute Gasteiger partial charge is 0.138 e. The maximum absolute atomic E-state index is 13.2. The zero-order valence-corrected chi connectivity index (χ0v) is 12.1. The van der Waals surface area contributed by atoms with Crippen LogP contribution in [0.25, 0.3) is 10.2 Å². The van der Waals surface area contributed by atoms with Crippen molar-refractivity contribution in [2.24, 2.45) is 0 Å². The van der Waals surface area contributed by atoms with Crippen LogP contribution in [0.15, 0.2) is 30.3 Å². The molecule has 0 atom stereocenters. The van der Waals surface area contributed by atoms with Crippen LogP contribution < -0.4 is 5.32 Å². The Morgan fingerprint density at radius 2 is 2.10 bits per heavy atom. The summed E-state index contributed by atoms with van der Waals surface area (Å²) in [7, 11) is 1.85. The first-order chi connectivity index (χ1) is 9.65. The van der Waals surface area contributed by atoms with Crippen LogP contribution in [-0.2, 0) is 6.42 Å². The molecule has 3 nitrogen and oxygen atoms in total. The Bertz CT molecular complexity index is 767. The minimum absolute atomic E-state index is 0.232. The molecule has 0 radical (unpaired) electrons. The lowest BCUT2D eigenvalue weighted by molar-refractivity contribution is 0.626. The van der Waals surface area contributed by atoms with E-state index >= 15 is 0 Å². The van der Waals surface area contributed by atoms with Gasteiger partial charge in [-0.25, -0.2) is 14.4 Å². The summed E-state index contributed by atoms with van der Waals surface area (Å²) in [6.07, 6.45) is 0.527. The van der Waals surface area contributed by atoms with E-state index in [1.165, 1.54) is 17.0 Å². The van der Waals surface area contributed by atoms with Crippen LogP contribution in [0.5, 0.6) is 0 Å². The molecule has 0 saturated carbocycles. The lowest BCUT2D eigenvalue weighted by Crippen LogP contribution is -2.01. The number of benzene rings is 1. The molecule has 3 rings (SSSR count). The molecule has 2 aromatic heterocycles. The first-order valence-electron chi connectivity index (χ1n) is 6.35. The summed E-state index contributed by atoms with van der Waals surface area (Å²) < 4.78 is 13.2. The van der Waals surface area contributed by atoms with Gasteiger partial charge in [0, 0.05) is 18.3 Å². The Labute approximate surface area is 120 Å². The van der Waals surface area contributed by atoms with E-state index in [2.05, 4.69) is 28.3 Å². The molecule has 0 aliphatic heterocycles. The first kappa shape index (κ1) is 13.0. The predicted molar refractivity (Wildman–Crippen MR) is 80.9 cm³/mol. The highest BCUT2D eigenvalue weighted by molar-refractivity contribution is 7.18. The molecule has 0 fully saturated rings. The summed E-state index contributed by atoms with van der Waals surface area (Å²) >= 11 is 1.64. The minimum Gasteiger partial charge on any atom is -0.372 e. The molecule has 0 amide bonds. The van der Waals surface area contributed by atoms with Crippen LogP contribution in [0.2, 0.25) is 0 Å². The van der Waals surface area contributed by atoms with Gasteiger partial charge in [0.1, 0.15) is 22.3 Å². The maximum atomic E-state index is 13.2. The quantitative estimate of drug-likeness (QED) is 0.797. The lowest BCUT2D eigenvalue weighted by Gasteiger charge is -2.05. The number of thiophene rings is 1. The van der Waals surface area contributed by atoms with Gasteiger partial charge in [0.2, 0.25) is 0 Å². The second-order valence-electron chi connectivity index (χ2n) is 4.62. The van der Waals surface area contributed by atoms with Crippen LogP contribution in [0.3, 0.4) is 0 Å². The van der Waals surface area contributed by atoms with Crippen LogP contribution >= 0.6 is 11.3 Å². The van der Waals surface area contributed by atoms with E-state index in [-0.39, 0.29) is 5.82 Å². The van der Waals surface area contributed by atoms with Gasteiger partial charge in [0.05, 0.1) is 5.39 Å². The van der Waals surface area contributed by atoms with Gasteiger partial charge in [-0.3, -0.25) is 0 Å². The number of aromatic nitrogens is 2. The number of fused-ring (bicyclic) bond motifs is 1. The molecule has 102 valence electrons. The third-order valence-electron chi connectivity index (χ3n) is 3.05. The number of halogens is 1. The summed E-state index contributed by atoms with van der Waals surface area (Å²) in [5, 5.41) is 4.14. The standard InChI is InChI=1S/C15H14FN3S/c1-9-6-12-14(17-2)18-13(19-15(12)20-9)8-10-4-3-5-11(16)7-10/h3-7H,8H2,1-2H3,(H,17,18,19). The van der Waals surface area contributed by atoms with Gasteiger partial charge >= 0.3 is 0 Å². The van der Waals surface area contributed by atoms with Gasteiger partial charge < -0.3 is 5.32 Å². The number of nitrogens with one attached hydrogen (secondary N) is 1. The van der Waals surface area contributed by atoms with Crippen molar-refractivity contribution in [1.29, 1.82) is 0 Å². The van der Waals surface area contributed by atoms with Crippen molar-refractivity contribution >= 4 is 27.4 Å². The Morgan fingerprint density at radius 3 is 2.85 bits per heavy atom. The van der Waals surface area contributed by atoms with Crippen molar-refractivity contribution in [2.75, 3.05) is 12.4 Å². The van der Waals surface area contributed by atoms with Gasteiger partial charge in [-0.05, 0) is 30.7 Å². The van der Waals surface area contributed by atoms with Crippen molar-refractivity contribution in [3.63, 3.8) is 0 Å². The summed E-state index contributed by atoms with van der Waals surface area (Å²) in [5.41, 5.74) is 0.875. The molecule has 3 aromatic rings. The monoisotopic (exact) mass is 287 g/mol. The first-order valence-corrected chi connectivity index (χ1v) is 7.16. The van der Waals surface area contributed by atoms with Crippen LogP contribution in [0, 0.1) is 12.7 Å². The lowest BCUT2D eigenvalue weighted by atomic mass is 10.1. The molecule has 0 bridgehead atoms. The third kappa shape index (κ3) is 2.49. The fourth-order valence-electron chi connectivity index (χ4n) is 2.19. The normalized spacial score (nSPS) is 10.9. The number of anilines is 1. The molecule has 0 unspecified atom stereocenters. The van der Waals surface area contributed by atoms with E-state index in [1.807, 2.05) is 13.1 Å². The van der Waals surface area contributed by atoms with Gasteiger partial charge in [-0.1, -0.05) is 12.1 Å². The molecule has 2 heterocycles. The molecule has 1 N–H and O–H groups in total. The zero-order chi connectivity index (χ0) is 14.1. The van der Waals surface area contributed by atoms with E-state index in [9.17, 15) is 4.39 Å². The Hall–Kier alpha value is -2.01. The van der Waals surface area contributed by atoms with Crippen molar-refractivity contribution in [1.82, 2.24) is 9.97 Å². The van der Waals surface area contributed by atoms with Crippen molar-refractivity contribution in [3.8, 4) is 0 Å².